The summed E-state index contributed by atoms with van der Waals surface area (Å²) in [5.74, 6) is 0.111. The second kappa shape index (κ2) is 4.45. The van der Waals surface area contributed by atoms with Crippen LogP contribution in [0.1, 0.15) is 39.5 Å². The maximum atomic E-state index is 11.0. The van der Waals surface area contributed by atoms with Crippen LogP contribution >= 0.6 is 0 Å². The highest BCUT2D eigenvalue weighted by Crippen LogP contribution is 2.33. The van der Waals surface area contributed by atoms with E-state index < -0.39 is 15.4 Å². The minimum absolute atomic E-state index is 0.111. The molecule has 82 valence electrons. The molecule has 0 aromatic rings. The second-order valence-corrected chi connectivity index (χ2v) is 5.90. The van der Waals surface area contributed by atoms with Gasteiger partial charge in [0.15, 0.2) is 0 Å². The van der Waals surface area contributed by atoms with Crippen LogP contribution < -0.4 is 0 Å². The van der Waals surface area contributed by atoms with Gasteiger partial charge in [-0.05, 0) is 39.0 Å². The van der Waals surface area contributed by atoms with E-state index in [1.165, 1.54) is 5.57 Å². The minimum Gasteiger partial charge on any atom is -0.285 e. The molecule has 14 heavy (non-hydrogen) atoms. The lowest BCUT2D eigenvalue weighted by atomic mass is 10.0. The van der Waals surface area contributed by atoms with Crippen molar-refractivity contribution in [2.45, 2.75) is 44.8 Å². The lowest BCUT2D eigenvalue weighted by molar-refractivity contribution is 0.441. The monoisotopic (exact) mass is 218 g/mol. The van der Waals surface area contributed by atoms with Crippen molar-refractivity contribution in [3.05, 3.63) is 11.6 Å². The fourth-order valence-electron chi connectivity index (χ4n) is 2.05. The van der Waals surface area contributed by atoms with Crippen LogP contribution in [0.4, 0.5) is 0 Å². The zero-order valence-corrected chi connectivity index (χ0v) is 9.55. The maximum Gasteiger partial charge on any atom is 0.268 e. The van der Waals surface area contributed by atoms with Crippen molar-refractivity contribution in [1.82, 2.24) is 0 Å². The molecule has 0 radical (unpaired) electrons. The molecule has 4 heteroatoms. The lowest BCUT2D eigenvalue weighted by Gasteiger charge is -2.14. The second-order valence-electron chi connectivity index (χ2n) is 4.26. The Labute approximate surface area is 86.0 Å². The van der Waals surface area contributed by atoms with Crippen LogP contribution in [0.25, 0.3) is 0 Å². The van der Waals surface area contributed by atoms with Gasteiger partial charge in [0.05, 0.1) is 5.25 Å². The van der Waals surface area contributed by atoms with Gasteiger partial charge in [-0.3, -0.25) is 4.55 Å². The van der Waals surface area contributed by atoms with Gasteiger partial charge < -0.3 is 0 Å². The topological polar surface area (TPSA) is 54.4 Å². The van der Waals surface area contributed by atoms with Crippen molar-refractivity contribution in [1.29, 1.82) is 0 Å². The SMILES string of the molecule is CC(C)=CCC1CCCC1S(=O)(=O)O. The Balaban J connectivity index is 2.65. The van der Waals surface area contributed by atoms with E-state index in [1.807, 2.05) is 19.9 Å². The summed E-state index contributed by atoms with van der Waals surface area (Å²) in [5, 5.41) is -0.530. The summed E-state index contributed by atoms with van der Waals surface area (Å²) in [6.07, 6.45) is 5.25. The van der Waals surface area contributed by atoms with Crippen LogP contribution in [-0.4, -0.2) is 18.2 Å². The molecule has 2 atom stereocenters. The van der Waals surface area contributed by atoms with Crippen LogP contribution in [0.5, 0.6) is 0 Å². The average Bonchev–Trinajstić information content (AvgIpc) is 2.46. The third-order valence-corrected chi connectivity index (χ3v) is 4.19. The van der Waals surface area contributed by atoms with Crippen molar-refractivity contribution >= 4 is 10.1 Å². The van der Waals surface area contributed by atoms with Crippen molar-refractivity contribution in [2.24, 2.45) is 5.92 Å². The summed E-state index contributed by atoms with van der Waals surface area (Å²) in [6, 6.07) is 0. The summed E-state index contributed by atoms with van der Waals surface area (Å²) in [6.45, 7) is 3.99. The highest BCUT2D eigenvalue weighted by atomic mass is 32.2. The van der Waals surface area contributed by atoms with E-state index in [9.17, 15) is 8.42 Å². The first-order chi connectivity index (χ1) is 6.41. The lowest BCUT2D eigenvalue weighted by Crippen LogP contribution is -2.24. The van der Waals surface area contributed by atoms with Crippen molar-refractivity contribution < 1.29 is 13.0 Å². The zero-order valence-electron chi connectivity index (χ0n) is 8.73. The quantitative estimate of drug-likeness (QED) is 0.584. The third kappa shape index (κ3) is 3.10. The first kappa shape index (κ1) is 11.7. The highest BCUT2D eigenvalue weighted by Gasteiger charge is 2.35. The Morgan fingerprint density at radius 2 is 2.07 bits per heavy atom. The predicted octanol–water partition coefficient (Wildman–Crippen LogP) is 2.40. The molecule has 0 bridgehead atoms. The number of rotatable bonds is 3. The van der Waals surface area contributed by atoms with E-state index >= 15 is 0 Å². The van der Waals surface area contributed by atoms with E-state index in [0.717, 1.165) is 19.3 Å². The number of hydrogen-bond donors (Lipinski definition) is 1. The smallest absolute Gasteiger partial charge is 0.268 e. The van der Waals surface area contributed by atoms with Gasteiger partial charge in [-0.2, -0.15) is 8.42 Å². The highest BCUT2D eigenvalue weighted by molar-refractivity contribution is 7.86. The van der Waals surface area contributed by atoms with Gasteiger partial charge in [-0.25, -0.2) is 0 Å². The van der Waals surface area contributed by atoms with E-state index in [1.54, 1.807) is 0 Å². The molecule has 1 aliphatic carbocycles. The van der Waals surface area contributed by atoms with Crippen molar-refractivity contribution in [3.8, 4) is 0 Å². The largest absolute Gasteiger partial charge is 0.285 e. The molecule has 1 N–H and O–H groups in total. The van der Waals surface area contributed by atoms with E-state index in [4.69, 9.17) is 4.55 Å². The van der Waals surface area contributed by atoms with Crippen LogP contribution in [0.15, 0.2) is 11.6 Å². The van der Waals surface area contributed by atoms with Crippen molar-refractivity contribution in [3.63, 3.8) is 0 Å². The van der Waals surface area contributed by atoms with E-state index in [2.05, 4.69) is 0 Å². The van der Waals surface area contributed by atoms with Gasteiger partial charge in [0.2, 0.25) is 0 Å². The number of hydrogen-bond acceptors (Lipinski definition) is 2. The van der Waals surface area contributed by atoms with E-state index in [-0.39, 0.29) is 5.92 Å². The predicted molar refractivity (Wildman–Crippen MR) is 56.7 cm³/mol. The molecule has 0 aliphatic heterocycles. The van der Waals surface area contributed by atoms with Gasteiger partial charge in [0.25, 0.3) is 10.1 Å². The van der Waals surface area contributed by atoms with Crippen LogP contribution in [-0.2, 0) is 10.1 Å². The molecule has 0 amide bonds. The van der Waals surface area contributed by atoms with Crippen LogP contribution in [0, 0.1) is 5.92 Å². The normalized spacial score (nSPS) is 27.6. The molecule has 0 saturated heterocycles. The summed E-state index contributed by atoms with van der Waals surface area (Å²) in [4.78, 5) is 0. The molecule has 0 spiro atoms. The fraction of sp³-hybridized carbons (Fsp3) is 0.800. The Kier molecular flexibility index (Phi) is 3.72. The van der Waals surface area contributed by atoms with Gasteiger partial charge in [0.1, 0.15) is 0 Å². The molecule has 0 heterocycles. The molecule has 1 rings (SSSR count). The Morgan fingerprint density at radius 1 is 1.43 bits per heavy atom. The number of allylic oxidation sites excluding steroid dienone is 2. The molecular weight excluding hydrogens is 200 g/mol. The summed E-state index contributed by atoms with van der Waals surface area (Å²) in [5.41, 5.74) is 1.20. The summed E-state index contributed by atoms with van der Waals surface area (Å²) < 4.78 is 31.1. The van der Waals surface area contributed by atoms with Crippen LogP contribution in [0.2, 0.25) is 0 Å². The average molecular weight is 218 g/mol. The van der Waals surface area contributed by atoms with Crippen LogP contribution in [0.3, 0.4) is 0 Å². The third-order valence-electron chi connectivity index (χ3n) is 2.80. The molecule has 1 fully saturated rings. The first-order valence-corrected chi connectivity index (χ1v) is 6.51. The summed E-state index contributed by atoms with van der Waals surface area (Å²) >= 11 is 0. The summed E-state index contributed by atoms with van der Waals surface area (Å²) in [7, 11) is -3.83. The van der Waals surface area contributed by atoms with Crippen molar-refractivity contribution in [2.75, 3.05) is 0 Å². The van der Waals surface area contributed by atoms with E-state index in [0.29, 0.717) is 6.42 Å². The maximum absolute atomic E-state index is 11.0. The Hall–Kier alpha value is -0.350. The molecule has 0 aromatic heterocycles. The van der Waals surface area contributed by atoms with Gasteiger partial charge in [-0.1, -0.05) is 18.1 Å². The minimum atomic E-state index is -3.83. The Morgan fingerprint density at radius 3 is 2.57 bits per heavy atom. The molecule has 0 aromatic carbocycles. The molecule has 3 nitrogen and oxygen atoms in total. The molecule has 2 unspecified atom stereocenters. The molecule has 1 aliphatic rings. The molecule has 1 saturated carbocycles. The standard InChI is InChI=1S/C10H18O3S/c1-8(2)6-7-9-4-3-5-10(9)14(11,12)13/h6,9-10H,3-5,7H2,1-2H3,(H,11,12,13). The molecular formula is C10H18O3S. The first-order valence-electron chi connectivity index (χ1n) is 5.01. The zero-order chi connectivity index (χ0) is 10.8. The van der Waals surface area contributed by atoms with Gasteiger partial charge in [-0.15, -0.1) is 0 Å². The van der Waals surface area contributed by atoms with Gasteiger partial charge >= 0.3 is 0 Å². The fourth-order valence-corrected chi connectivity index (χ4v) is 3.25. The Bertz CT molecular complexity index is 312. The van der Waals surface area contributed by atoms with Gasteiger partial charge in [0, 0.05) is 0 Å².